The first kappa shape index (κ1) is 17.6. The molecule has 1 fully saturated rings. The summed E-state index contributed by atoms with van der Waals surface area (Å²) in [5, 5.41) is 15.2. The first-order valence-corrected chi connectivity index (χ1v) is 9.64. The van der Waals surface area contributed by atoms with E-state index < -0.39 is 0 Å². The average Bonchev–Trinajstić information content (AvgIpc) is 3.37. The Morgan fingerprint density at radius 1 is 1.10 bits per heavy atom. The SMILES string of the molecule is CCn1cnc2c(N3CCOCC3)nc(-n3ncc(-c4ccccc4)c3O)nc21. The lowest BCUT2D eigenvalue weighted by molar-refractivity contribution is 0.122. The molecule has 1 aromatic carbocycles. The number of aromatic hydroxyl groups is 1. The van der Waals surface area contributed by atoms with E-state index in [2.05, 4.69) is 20.0 Å². The Morgan fingerprint density at radius 2 is 1.90 bits per heavy atom. The summed E-state index contributed by atoms with van der Waals surface area (Å²) in [6.07, 6.45) is 3.40. The normalized spacial score (nSPS) is 14.6. The molecule has 0 amide bonds. The molecule has 0 saturated carbocycles. The van der Waals surface area contributed by atoms with Crippen molar-refractivity contribution in [1.29, 1.82) is 0 Å². The van der Waals surface area contributed by atoms with Crippen molar-refractivity contribution in [2.45, 2.75) is 13.5 Å². The van der Waals surface area contributed by atoms with Crippen LogP contribution in [0.4, 0.5) is 5.82 Å². The fraction of sp³-hybridized carbons (Fsp3) is 0.300. The zero-order valence-electron chi connectivity index (χ0n) is 16.1. The molecule has 0 radical (unpaired) electrons. The van der Waals surface area contributed by atoms with Gasteiger partial charge in [0.1, 0.15) is 0 Å². The van der Waals surface area contributed by atoms with Gasteiger partial charge < -0.3 is 19.3 Å². The smallest absolute Gasteiger partial charge is 0.257 e. The fourth-order valence-electron chi connectivity index (χ4n) is 3.55. The Morgan fingerprint density at radius 3 is 2.66 bits per heavy atom. The third-order valence-corrected chi connectivity index (χ3v) is 5.10. The van der Waals surface area contributed by atoms with Crippen molar-refractivity contribution in [2.24, 2.45) is 0 Å². The van der Waals surface area contributed by atoms with Gasteiger partial charge in [0.05, 0.1) is 31.3 Å². The van der Waals surface area contributed by atoms with Gasteiger partial charge in [-0.2, -0.15) is 19.7 Å². The number of nitrogens with zero attached hydrogens (tertiary/aromatic N) is 7. The van der Waals surface area contributed by atoms with Crippen molar-refractivity contribution < 1.29 is 9.84 Å². The first-order chi connectivity index (χ1) is 14.3. The molecule has 0 spiro atoms. The van der Waals surface area contributed by atoms with Crippen LogP contribution in [0.15, 0.2) is 42.9 Å². The molecule has 0 aliphatic carbocycles. The van der Waals surface area contributed by atoms with E-state index in [0.717, 1.165) is 42.2 Å². The second-order valence-corrected chi connectivity index (χ2v) is 6.81. The van der Waals surface area contributed by atoms with E-state index in [0.29, 0.717) is 24.7 Å². The standard InChI is InChI=1S/C20H21N7O2/c1-2-25-13-21-16-17(25)23-20(24-18(16)26-8-10-29-11-9-26)27-19(28)15(12-22-27)14-6-4-3-5-7-14/h3-7,12-13,28H,2,8-11H2,1H3. The number of morpholine rings is 1. The van der Waals surface area contributed by atoms with Crippen molar-refractivity contribution in [3.63, 3.8) is 0 Å². The van der Waals surface area contributed by atoms with Gasteiger partial charge in [-0.1, -0.05) is 30.3 Å². The van der Waals surface area contributed by atoms with Gasteiger partial charge in [0.15, 0.2) is 17.0 Å². The molecule has 0 unspecified atom stereocenters. The summed E-state index contributed by atoms with van der Waals surface area (Å²) in [7, 11) is 0. The van der Waals surface area contributed by atoms with Crippen LogP contribution in [0.25, 0.3) is 28.2 Å². The van der Waals surface area contributed by atoms with Crippen molar-refractivity contribution in [1.82, 2.24) is 29.3 Å². The number of aryl methyl sites for hydroxylation is 1. The van der Waals surface area contributed by atoms with E-state index >= 15 is 0 Å². The molecule has 0 atom stereocenters. The molecule has 1 saturated heterocycles. The Bertz CT molecular complexity index is 1150. The summed E-state index contributed by atoms with van der Waals surface area (Å²) >= 11 is 0. The molecule has 1 aliphatic rings. The summed E-state index contributed by atoms with van der Waals surface area (Å²) < 4.78 is 8.81. The predicted molar refractivity (Wildman–Crippen MR) is 108 cm³/mol. The van der Waals surface area contributed by atoms with Crippen LogP contribution in [0.5, 0.6) is 5.88 Å². The fourth-order valence-corrected chi connectivity index (χ4v) is 3.55. The molecule has 0 bridgehead atoms. The second kappa shape index (κ2) is 7.17. The zero-order chi connectivity index (χ0) is 19.8. The summed E-state index contributed by atoms with van der Waals surface area (Å²) in [6, 6.07) is 9.63. The van der Waals surface area contributed by atoms with Crippen molar-refractivity contribution in [3.8, 4) is 23.0 Å². The maximum atomic E-state index is 10.9. The van der Waals surface area contributed by atoms with E-state index in [-0.39, 0.29) is 5.88 Å². The Labute approximate surface area is 167 Å². The Kier molecular flexibility index (Phi) is 4.36. The molecular formula is C20H21N7O2. The third-order valence-electron chi connectivity index (χ3n) is 5.10. The van der Waals surface area contributed by atoms with E-state index in [1.54, 1.807) is 12.5 Å². The number of hydrogen-bond acceptors (Lipinski definition) is 7. The van der Waals surface area contributed by atoms with Crippen LogP contribution in [0.3, 0.4) is 0 Å². The molecule has 148 valence electrons. The van der Waals surface area contributed by atoms with Gasteiger partial charge in [-0.05, 0) is 12.5 Å². The lowest BCUT2D eigenvalue weighted by Gasteiger charge is -2.28. The van der Waals surface area contributed by atoms with Crippen LogP contribution in [-0.4, -0.2) is 60.7 Å². The van der Waals surface area contributed by atoms with E-state index in [4.69, 9.17) is 9.72 Å². The van der Waals surface area contributed by atoms with Crippen LogP contribution < -0.4 is 4.90 Å². The minimum absolute atomic E-state index is 0.00559. The highest BCUT2D eigenvalue weighted by Gasteiger charge is 2.23. The van der Waals surface area contributed by atoms with Crippen molar-refractivity contribution in [2.75, 3.05) is 31.2 Å². The van der Waals surface area contributed by atoms with Crippen LogP contribution in [0, 0.1) is 0 Å². The Hall–Kier alpha value is -3.46. The number of ether oxygens (including phenoxy) is 1. The largest absolute Gasteiger partial charge is 0.493 e. The third kappa shape index (κ3) is 2.99. The lowest BCUT2D eigenvalue weighted by atomic mass is 10.1. The van der Waals surface area contributed by atoms with E-state index in [1.165, 1.54) is 4.68 Å². The highest BCUT2D eigenvalue weighted by atomic mass is 16.5. The Balaban J connectivity index is 1.66. The topological polar surface area (TPSA) is 94.1 Å². The van der Waals surface area contributed by atoms with Gasteiger partial charge in [-0.25, -0.2) is 4.98 Å². The zero-order valence-corrected chi connectivity index (χ0v) is 16.1. The maximum Gasteiger partial charge on any atom is 0.257 e. The summed E-state index contributed by atoms with van der Waals surface area (Å²) in [6.45, 7) is 5.50. The highest BCUT2D eigenvalue weighted by molar-refractivity contribution is 5.84. The monoisotopic (exact) mass is 391 g/mol. The number of aromatic nitrogens is 6. The van der Waals surface area contributed by atoms with Gasteiger partial charge >= 0.3 is 0 Å². The number of anilines is 1. The molecule has 1 aliphatic heterocycles. The molecule has 29 heavy (non-hydrogen) atoms. The number of rotatable bonds is 4. The van der Waals surface area contributed by atoms with E-state index in [9.17, 15) is 5.11 Å². The quantitative estimate of drug-likeness (QED) is 0.570. The minimum Gasteiger partial charge on any atom is -0.493 e. The van der Waals surface area contributed by atoms with Gasteiger partial charge in [0.25, 0.3) is 5.95 Å². The van der Waals surface area contributed by atoms with Crippen LogP contribution in [0.2, 0.25) is 0 Å². The summed E-state index contributed by atoms with van der Waals surface area (Å²) in [4.78, 5) is 16.1. The van der Waals surface area contributed by atoms with Gasteiger partial charge in [0.2, 0.25) is 5.88 Å². The van der Waals surface area contributed by atoms with Crippen molar-refractivity contribution >= 4 is 17.0 Å². The maximum absolute atomic E-state index is 10.9. The summed E-state index contributed by atoms with van der Waals surface area (Å²) in [5.41, 5.74) is 2.97. The molecule has 5 rings (SSSR count). The number of hydrogen-bond donors (Lipinski definition) is 1. The van der Waals surface area contributed by atoms with Crippen molar-refractivity contribution in [3.05, 3.63) is 42.9 Å². The number of benzene rings is 1. The summed E-state index contributed by atoms with van der Waals surface area (Å²) in [5.74, 6) is 1.05. The molecular weight excluding hydrogens is 370 g/mol. The average molecular weight is 391 g/mol. The van der Waals surface area contributed by atoms with Gasteiger partial charge in [0, 0.05) is 19.6 Å². The molecule has 3 aromatic heterocycles. The predicted octanol–water partition coefficient (Wildman–Crippen LogP) is 2.24. The second-order valence-electron chi connectivity index (χ2n) is 6.81. The molecule has 1 N–H and O–H groups in total. The molecule has 9 heteroatoms. The van der Waals surface area contributed by atoms with E-state index in [1.807, 2.05) is 41.8 Å². The number of imidazole rings is 1. The molecule has 4 heterocycles. The first-order valence-electron chi connectivity index (χ1n) is 9.64. The molecule has 9 nitrogen and oxygen atoms in total. The number of fused-ring (bicyclic) bond motifs is 1. The molecule has 4 aromatic rings. The van der Waals surface area contributed by atoms with Crippen LogP contribution in [0.1, 0.15) is 6.92 Å². The van der Waals surface area contributed by atoms with Gasteiger partial charge in [-0.15, -0.1) is 0 Å². The lowest BCUT2D eigenvalue weighted by Crippen LogP contribution is -2.37. The highest BCUT2D eigenvalue weighted by Crippen LogP contribution is 2.31. The van der Waals surface area contributed by atoms with Gasteiger partial charge in [-0.3, -0.25) is 0 Å². The minimum atomic E-state index is 0.00559. The van der Waals surface area contributed by atoms with Crippen LogP contribution >= 0.6 is 0 Å². The van der Waals surface area contributed by atoms with Crippen LogP contribution in [-0.2, 0) is 11.3 Å².